The zero-order valence-corrected chi connectivity index (χ0v) is 19.3. The van der Waals surface area contributed by atoms with Crippen molar-refractivity contribution in [2.75, 3.05) is 0 Å². The first-order valence-electron chi connectivity index (χ1n) is 9.74. The number of alkyl halides is 3. The molecule has 0 unspecified atom stereocenters. The van der Waals surface area contributed by atoms with E-state index >= 15 is 4.39 Å². The zero-order valence-electron chi connectivity index (χ0n) is 17.2. The van der Waals surface area contributed by atoms with Crippen molar-refractivity contribution < 1.29 is 17.6 Å². The van der Waals surface area contributed by atoms with Crippen LogP contribution in [-0.4, -0.2) is 24.5 Å². The maximum Gasteiger partial charge on any atom is 0.430 e. The summed E-state index contributed by atoms with van der Waals surface area (Å²) < 4.78 is 57.7. The van der Waals surface area contributed by atoms with Gasteiger partial charge >= 0.3 is 6.18 Å². The number of halogens is 5. The van der Waals surface area contributed by atoms with Gasteiger partial charge < -0.3 is 9.88 Å². The first kappa shape index (κ1) is 21.7. The molecule has 0 radical (unpaired) electrons. The molecule has 0 fully saturated rings. The van der Waals surface area contributed by atoms with Gasteiger partial charge in [0.25, 0.3) is 0 Å². The fourth-order valence-electron chi connectivity index (χ4n) is 3.72. The first-order chi connectivity index (χ1) is 15.6. The molecule has 4 aromatic rings. The second-order valence-corrected chi connectivity index (χ2v) is 9.03. The molecule has 0 saturated carbocycles. The van der Waals surface area contributed by atoms with Crippen molar-refractivity contribution in [2.45, 2.75) is 25.4 Å². The number of nitrogens with zero attached hydrogens (tertiary/aromatic N) is 6. The Labute approximate surface area is 199 Å². The molecule has 1 aliphatic rings. The SMILES string of the molecule is CC1(C)c2cccc(n2)-c2c(cc(I)nc2F)[N-]c2cnc(C(F)(F)F)n2-c2cccc1n2. The van der Waals surface area contributed by atoms with Gasteiger partial charge in [0.1, 0.15) is 9.53 Å². The van der Waals surface area contributed by atoms with Gasteiger partial charge in [-0.3, -0.25) is 15.0 Å². The highest BCUT2D eigenvalue weighted by molar-refractivity contribution is 14.1. The molecule has 0 atom stereocenters. The Balaban J connectivity index is 1.89. The predicted molar refractivity (Wildman–Crippen MR) is 121 cm³/mol. The largest absolute Gasteiger partial charge is 0.434 e. The minimum absolute atomic E-state index is 0.00773. The van der Waals surface area contributed by atoms with Gasteiger partial charge in [-0.05, 0) is 78.3 Å². The molecule has 0 amide bonds. The van der Waals surface area contributed by atoms with Gasteiger partial charge in [0, 0.05) is 11.6 Å². The molecule has 33 heavy (non-hydrogen) atoms. The predicted octanol–water partition coefficient (Wildman–Crippen LogP) is 6.46. The highest BCUT2D eigenvalue weighted by Gasteiger charge is 2.35. The van der Waals surface area contributed by atoms with Crippen LogP contribution in [0.4, 0.5) is 29.1 Å². The van der Waals surface area contributed by atoms with Gasteiger partial charge in [-0.1, -0.05) is 12.1 Å². The van der Waals surface area contributed by atoms with E-state index in [0.717, 1.165) is 10.8 Å². The molecule has 0 saturated heterocycles. The monoisotopic (exact) mass is 565 g/mol. The third-order valence-corrected chi connectivity index (χ3v) is 5.96. The molecule has 11 heteroatoms. The van der Waals surface area contributed by atoms with Crippen LogP contribution in [0.15, 0.2) is 48.7 Å². The van der Waals surface area contributed by atoms with Crippen molar-refractivity contribution in [1.29, 1.82) is 0 Å². The summed E-state index contributed by atoms with van der Waals surface area (Å²) in [5, 5.41) is 4.37. The molecule has 5 rings (SSSR count). The molecular formula is C22H14F4IN6-. The van der Waals surface area contributed by atoms with Crippen LogP contribution in [-0.2, 0) is 11.6 Å². The second-order valence-electron chi connectivity index (χ2n) is 7.93. The van der Waals surface area contributed by atoms with Gasteiger partial charge in [-0.25, -0.2) is 4.98 Å². The van der Waals surface area contributed by atoms with Gasteiger partial charge in [-0.15, -0.1) is 0 Å². The number of rotatable bonds is 0. The summed E-state index contributed by atoms with van der Waals surface area (Å²) in [6, 6.07) is 11.4. The summed E-state index contributed by atoms with van der Waals surface area (Å²) in [5.41, 5.74) is 0.594. The van der Waals surface area contributed by atoms with Crippen LogP contribution in [0.1, 0.15) is 31.1 Å². The summed E-state index contributed by atoms with van der Waals surface area (Å²) in [5.74, 6) is -2.15. The second kappa shape index (κ2) is 7.47. The molecule has 0 aromatic carbocycles. The fraction of sp³-hybridized carbons (Fsp3) is 0.182. The lowest BCUT2D eigenvalue weighted by molar-refractivity contribution is -0.145. The van der Waals surface area contributed by atoms with Crippen molar-refractivity contribution >= 4 is 34.1 Å². The molecule has 0 aliphatic carbocycles. The third kappa shape index (κ3) is 3.63. The van der Waals surface area contributed by atoms with Gasteiger partial charge in [0.05, 0.1) is 28.5 Å². The quantitative estimate of drug-likeness (QED) is 0.139. The fourth-order valence-corrected chi connectivity index (χ4v) is 4.22. The topological polar surface area (TPSA) is 70.6 Å². The molecule has 0 N–H and O–H groups in total. The van der Waals surface area contributed by atoms with Crippen LogP contribution in [0.25, 0.3) is 22.4 Å². The molecule has 0 spiro atoms. The minimum Gasteiger partial charge on any atom is -0.434 e. The van der Waals surface area contributed by atoms with E-state index < -0.39 is 23.4 Å². The van der Waals surface area contributed by atoms with E-state index in [-0.39, 0.29) is 28.6 Å². The molecule has 6 nitrogen and oxygen atoms in total. The number of imidazole rings is 1. The van der Waals surface area contributed by atoms with Crippen LogP contribution in [0.5, 0.6) is 0 Å². The van der Waals surface area contributed by atoms with Gasteiger partial charge in [-0.2, -0.15) is 17.6 Å². The Morgan fingerprint density at radius 3 is 2.42 bits per heavy atom. The lowest BCUT2D eigenvalue weighted by atomic mass is 9.84. The number of pyridine rings is 3. The van der Waals surface area contributed by atoms with E-state index in [1.807, 2.05) is 36.4 Å². The highest BCUT2D eigenvalue weighted by Crippen LogP contribution is 2.44. The standard InChI is InChI=1S/C22H14F4IN6/c1-21(2)13-6-3-5-11(29-13)18-12(9-15(27)32-19(18)23)30-17-10-28-20(22(24,25)26)33(17)16-8-4-7-14(21)31-16/h3-10H,1-2H3/q-1. The normalized spacial score (nSPS) is 14.4. The highest BCUT2D eigenvalue weighted by atomic mass is 127. The van der Waals surface area contributed by atoms with Crippen molar-refractivity contribution in [3.8, 4) is 17.1 Å². The molecule has 168 valence electrons. The lowest BCUT2D eigenvalue weighted by Gasteiger charge is -2.29. The average Bonchev–Trinajstić information content (AvgIpc) is 3.17. The average molecular weight is 565 g/mol. The van der Waals surface area contributed by atoms with Crippen molar-refractivity contribution in [3.05, 3.63) is 80.8 Å². The maximum absolute atomic E-state index is 15.1. The van der Waals surface area contributed by atoms with E-state index in [0.29, 0.717) is 15.1 Å². The maximum atomic E-state index is 15.1. The summed E-state index contributed by atoms with van der Waals surface area (Å²) in [7, 11) is 0. The Kier molecular flexibility index (Phi) is 4.92. The molecule has 4 aromatic heterocycles. The smallest absolute Gasteiger partial charge is 0.430 e. The summed E-state index contributed by atoms with van der Waals surface area (Å²) in [6.45, 7) is 3.70. The third-order valence-electron chi connectivity index (χ3n) is 5.40. The Morgan fingerprint density at radius 2 is 1.70 bits per heavy atom. The molecule has 1 aliphatic heterocycles. The Bertz CT molecular complexity index is 1400. The number of fused-ring (bicyclic) bond motifs is 8. The van der Waals surface area contributed by atoms with Crippen LogP contribution >= 0.6 is 22.6 Å². The Morgan fingerprint density at radius 1 is 1.00 bits per heavy atom. The van der Waals surface area contributed by atoms with E-state index in [1.54, 1.807) is 30.3 Å². The summed E-state index contributed by atoms with van der Waals surface area (Å²) in [6.07, 6.45) is -3.77. The number of hydrogen-bond donors (Lipinski definition) is 0. The van der Waals surface area contributed by atoms with E-state index in [1.165, 1.54) is 12.1 Å². The first-order valence-corrected chi connectivity index (χ1v) is 10.8. The summed E-state index contributed by atoms with van der Waals surface area (Å²) in [4.78, 5) is 16.6. The Hall–Kier alpha value is -3.09. The molecule has 5 heterocycles. The van der Waals surface area contributed by atoms with Crippen LogP contribution < -0.4 is 0 Å². The van der Waals surface area contributed by atoms with Crippen LogP contribution in [0.2, 0.25) is 0 Å². The number of aromatic nitrogens is 5. The summed E-state index contributed by atoms with van der Waals surface area (Å²) >= 11 is 1.82. The van der Waals surface area contributed by atoms with Crippen molar-refractivity contribution in [1.82, 2.24) is 24.5 Å². The van der Waals surface area contributed by atoms with Crippen molar-refractivity contribution in [3.63, 3.8) is 0 Å². The van der Waals surface area contributed by atoms with Crippen molar-refractivity contribution in [2.24, 2.45) is 0 Å². The van der Waals surface area contributed by atoms with Gasteiger partial charge in [0.2, 0.25) is 5.95 Å². The number of hydrogen-bond acceptors (Lipinski definition) is 4. The van der Waals surface area contributed by atoms with Crippen LogP contribution in [0, 0.1) is 9.65 Å². The lowest BCUT2D eigenvalue weighted by Crippen LogP contribution is -2.24. The van der Waals surface area contributed by atoms with Gasteiger partial charge in [0.15, 0.2) is 0 Å². The molecule has 4 bridgehead atoms. The van der Waals surface area contributed by atoms with E-state index in [4.69, 9.17) is 0 Å². The zero-order chi connectivity index (χ0) is 23.5. The van der Waals surface area contributed by atoms with Crippen LogP contribution in [0.3, 0.4) is 0 Å². The minimum atomic E-state index is -4.76. The molecular weight excluding hydrogens is 551 g/mol. The van der Waals surface area contributed by atoms with E-state index in [9.17, 15) is 13.2 Å². The van der Waals surface area contributed by atoms with E-state index in [2.05, 4.69) is 25.3 Å².